The summed E-state index contributed by atoms with van der Waals surface area (Å²) in [5.41, 5.74) is 1.32. The molecule has 0 atom stereocenters. The summed E-state index contributed by atoms with van der Waals surface area (Å²) in [6, 6.07) is 6.92. The second-order valence-electron chi connectivity index (χ2n) is 3.41. The first-order valence-electron chi connectivity index (χ1n) is 5.25. The highest BCUT2D eigenvalue weighted by Crippen LogP contribution is 2.10. The van der Waals surface area contributed by atoms with E-state index in [-0.39, 0.29) is 5.97 Å². The first-order chi connectivity index (χ1) is 8.22. The van der Waals surface area contributed by atoms with Crippen molar-refractivity contribution >= 4 is 5.97 Å². The Morgan fingerprint density at radius 1 is 1.35 bits per heavy atom. The van der Waals surface area contributed by atoms with Crippen molar-refractivity contribution in [1.82, 2.24) is 20.2 Å². The van der Waals surface area contributed by atoms with Gasteiger partial charge in [-0.3, -0.25) is 0 Å². The molecule has 2 aromatic rings. The van der Waals surface area contributed by atoms with Crippen molar-refractivity contribution in [3.8, 4) is 5.69 Å². The van der Waals surface area contributed by atoms with E-state index in [4.69, 9.17) is 4.74 Å². The van der Waals surface area contributed by atoms with Gasteiger partial charge in [-0.05, 0) is 48.5 Å². The van der Waals surface area contributed by atoms with Crippen LogP contribution >= 0.6 is 0 Å². The van der Waals surface area contributed by atoms with Gasteiger partial charge in [0.1, 0.15) is 0 Å². The van der Waals surface area contributed by atoms with Gasteiger partial charge >= 0.3 is 5.97 Å². The van der Waals surface area contributed by atoms with Crippen molar-refractivity contribution in [2.75, 3.05) is 6.61 Å². The Hall–Kier alpha value is -2.24. The molecule has 0 aliphatic carbocycles. The first-order valence-corrected chi connectivity index (χ1v) is 5.25. The molecule has 0 N–H and O–H groups in total. The molecule has 0 radical (unpaired) electrons. The molecule has 6 heteroatoms. The minimum Gasteiger partial charge on any atom is -0.462 e. The molecule has 1 heterocycles. The summed E-state index contributed by atoms with van der Waals surface area (Å²) >= 11 is 0. The number of carbonyl (C=O) groups excluding carboxylic acids is 1. The number of nitrogens with zero attached hydrogens (tertiary/aromatic N) is 4. The molecule has 0 saturated heterocycles. The van der Waals surface area contributed by atoms with Gasteiger partial charge in [0.05, 0.1) is 17.9 Å². The van der Waals surface area contributed by atoms with Gasteiger partial charge in [-0.25, -0.2) is 4.79 Å². The maximum absolute atomic E-state index is 11.4. The van der Waals surface area contributed by atoms with Crippen LogP contribution in [0.4, 0.5) is 0 Å². The van der Waals surface area contributed by atoms with Crippen LogP contribution in [0, 0.1) is 6.92 Å². The lowest BCUT2D eigenvalue weighted by atomic mass is 10.2. The third kappa shape index (κ3) is 2.30. The molecule has 6 nitrogen and oxygen atoms in total. The number of carbonyl (C=O) groups is 1. The molecule has 17 heavy (non-hydrogen) atoms. The highest BCUT2D eigenvalue weighted by atomic mass is 16.5. The van der Waals surface area contributed by atoms with E-state index >= 15 is 0 Å². The van der Waals surface area contributed by atoms with E-state index < -0.39 is 0 Å². The first kappa shape index (κ1) is 11.3. The van der Waals surface area contributed by atoms with E-state index in [2.05, 4.69) is 15.5 Å². The molecule has 0 aliphatic rings. The minimum atomic E-state index is -0.326. The van der Waals surface area contributed by atoms with E-state index in [1.165, 1.54) is 0 Å². The van der Waals surface area contributed by atoms with Crippen LogP contribution in [0.2, 0.25) is 0 Å². The average Bonchev–Trinajstić information content (AvgIpc) is 2.76. The highest BCUT2D eigenvalue weighted by molar-refractivity contribution is 5.89. The zero-order valence-corrected chi connectivity index (χ0v) is 9.62. The zero-order chi connectivity index (χ0) is 12.3. The van der Waals surface area contributed by atoms with Crippen molar-refractivity contribution in [1.29, 1.82) is 0 Å². The zero-order valence-electron chi connectivity index (χ0n) is 9.62. The normalized spacial score (nSPS) is 10.2. The lowest BCUT2D eigenvalue weighted by Gasteiger charge is -2.04. The summed E-state index contributed by atoms with van der Waals surface area (Å²) in [5, 5.41) is 11.2. The smallest absolute Gasteiger partial charge is 0.338 e. The summed E-state index contributed by atoms with van der Waals surface area (Å²) < 4.78 is 6.49. The van der Waals surface area contributed by atoms with Gasteiger partial charge in [-0.2, -0.15) is 4.68 Å². The molecule has 0 amide bonds. The topological polar surface area (TPSA) is 69.9 Å². The fraction of sp³-hybridized carbons (Fsp3) is 0.273. The summed E-state index contributed by atoms with van der Waals surface area (Å²) in [6.07, 6.45) is 0. The van der Waals surface area contributed by atoms with Crippen molar-refractivity contribution < 1.29 is 9.53 Å². The van der Waals surface area contributed by atoms with Gasteiger partial charge < -0.3 is 4.74 Å². The lowest BCUT2D eigenvalue weighted by molar-refractivity contribution is 0.0526. The molecule has 1 aromatic carbocycles. The average molecular weight is 232 g/mol. The quantitative estimate of drug-likeness (QED) is 0.742. The molecule has 0 bridgehead atoms. The molecule has 0 fully saturated rings. The standard InChI is InChI=1S/C11H12N4O2/c1-3-17-11(16)9-4-6-10(7-5-9)15-8(2)12-13-14-15/h4-7H,3H2,1-2H3. The van der Waals surface area contributed by atoms with Crippen LogP contribution in [0.25, 0.3) is 5.69 Å². The van der Waals surface area contributed by atoms with Crippen molar-refractivity contribution in [2.45, 2.75) is 13.8 Å². The van der Waals surface area contributed by atoms with E-state index in [0.717, 1.165) is 5.69 Å². The number of benzene rings is 1. The van der Waals surface area contributed by atoms with Crippen LogP contribution in [0.3, 0.4) is 0 Å². The summed E-state index contributed by atoms with van der Waals surface area (Å²) in [4.78, 5) is 11.4. The number of hydrogen-bond donors (Lipinski definition) is 0. The molecule has 2 rings (SSSR count). The molecule has 0 saturated carbocycles. The number of aryl methyl sites for hydroxylation is 1. The predicted molar refractivity (Wildman–Crippen MR) is 59.8 cm³/mol. The Bertz CT molecular complexity index is 519. The van der Waals surface area contributed by atoms with Crippen molar-refractivity contribution in [3.05, 3.63) is 35.7 Å². The number of ether oxygens (including phenoxy) is 1. The number of esters is 1. The second kappa shape index (κ2) is 4.73. The van der Waals surface area contributed by atoms with Crippen LogP contribution < -0.4 is 0 Å². The highest BCUT2D eigenvalue weighted by Gasteiger charge is 2.07. The van der Waals surface area contributed by atoms with E-state index in [1.807, 2.05) is 0 Å². The Morgan fingerprint density at radius 3 is 2.59 bits per heavy atom. The van der Waals surface area contributed by atoms with Crippen LogP contribution in [0.1, 0.15) is 23.1 Å². The monoisotopic (exact) mass is 232 g/mol. The summed E-state index contributed by atoms with van der Waals surface area (Å²) in [7, 11) is 0. The van der Waals surface area contributed by atoms with Crippen LogP contribution in [-0.2, 0) is 4.74 Å². The Morgan fingerprint density at radius 2 is 2.06 bits per heavy atom. The number of aromatic nitrogens is 4. The van der Waals surface area contributed by atoms with E-state index in [0.29, 0.717) is 18.0 Å². The van der Waals surface area contributed by atoms with Gasteiger partial charge in [-0.1, -0.05) is 0 Å². The maximum Gasteiger partial charge on any atom is 0.338 e. The van der Waals surface area contributed by atoms with Crippen LogP contribution in [0.15, 0.2) is 24.3 Å². The van der Waals surface area contributed by atoms with Crippen molar-refractivity contribution in [2.24, 2.45) is 0 Å². The van der Waals surface area contributed by atoms with E-state index in [1.54, 1.807) is 42.8 Å². The minimum absolute atomic E-state index is 0.326. The number of rotatable bonds is 3. The molecule has 0 aliphatic heterocycles. The van der Waals surface area contributed by atoms with Gasteiger partial charge in [0.2, 0.25) is 0 Å². The SMILES string of the molecule is CCOC(=O)c1ccc(-n2nnnc2C)cc1. The van der Waals surface area contributed by atoms with Gasteiger partial charge in [0.15, 0.2) is 5.82 Å². The molecule has 88 valence electrons. The molecule has 1 aromatic heterocycles. The predicted octanol–water partition coefficient (Wildman–Crippen LogP) is 1.15. The third-order valence-corrected chi connectivity index (χ3v) is 2.25. The summed E-state index contributed by atoms with van der Waals surface area (Å²) in [5.74, 6) is 0.362. The largest absolute Gasteiger partial charge is 0.462 e. The lowest BCUT2D eigenvalue weighted by Crippen LogP contribution is -2.05. The second-order valence-corrected chi connectivity index (χ2v) is 3.41. The maximum atomic E-state index is 11.4. The molecule has 0 unspecified atom stereocenters. The Labute approximate surface area is 98.2 Å². The van der Waals surface area contributed by atoms with Gasteiger partial charge in [-0.15, -0.1) is 5.10 Å². The summed E-state index contributed by atoms with van der Waals surface area (Å²) in [6.45, 7) is 3.95. The Kier molecular flexibility index (Phi) is 3.13. The van der Waals surface area contributed by atoms with Crippen molar-refractivity contribution in [3.63, 3.8) is 0 Å². The van der Waals surface area contributed by atoms with Gasteiger partial charge in [0, 0.05) is 0 Å². The molecular formula is C11H12N4O2. The fourth-order valence-corrected chi connectivity index (χ4v) is 1.42. The number of tetrazole rings is 1. The third-order valence-electron chi connectivity index (χ3n) is 2.25. The Balaban J connectivity index is 2.25. The fourth-order valence-electron chi connectivity index (χ4n) is 1.42. The van der Waals surface area contributed by atoms with Crippen LogP contribution in [-0.4, -0.2) is 32.8 Å². The molecular weight excluding hydrogens is 220 g/mol. The van der Waals surface area contributed by atoms with Crippen LogP contribution in [0.5, 0.6) is 0 Å². The molecule has 0 spiro atoms. The van der Waals surface area contributed by atoms with E-state index in [9.17, 15) is 4.79 Å². The van der Waals surface area contributed by atoms with Gasteiger partial charge in [0.25, 0.3) is 0 Å². The number of hydrogen-bond acceptors (Lipinski definition) is 5.